The number of hydrogen-bond donors (Lipinski definition) is 0. The van der Waals surface area contributed by atoms with Gasteiger partial charge < -0.3 is 4.90 Å². The van der Waals surface area contributed by atoms with E-state index in [1.807, 2.05) is 21.0 Å². The zero-order chi connectivity index (χ0) is 13.0. The van der Waals surface area contributed by atoms with Crippen LogP contribution in [-0.2, 0) is 13.6 Å². The van der Waals surface area contributed by atoms with E-state index in [4.69, 9.17) is 0 Å². The van der Waals surface area contributed by atoms with Gasteiger partial charge in [0.15, 0.2) is 0 Å². The standard InChI is InChI=1S/C11H18N4O2/c1-5-6-15-10(16)7-9(12-8-13(2)3)14(4)11(15)17/h7-8H,5-6H2,1-4H3. The van der Waals surface area contributed by atoms with Crippen LogP contribution in [0, 0.1) is 0 Å². The number of aromatic nitrogens is 2. The van der Waals surface area contributed by atoms with Gasteiger partial charge >= 0.3 is 5.69 Å². The highest BCUT2D eigenvalue weighted by molar-refractivity contribution is 5.58. The van der Waals surface area contributed by atoms with Crippen molar-refractivity contribution in [3.8, 4) is 0 Å². The largest absolute Gasteiger partial charge is 0.369 e. The molecule has 0 amide bonds. The minimum absolute atomic E-state index is 0.305. The van der Waals surface area contributed by atoms with Crippen molar-refractivity contribution >= 4 is 12.2 Å². The predicted octanol–water partition coefficient (Wildman–Crippen LogP) is 0.178. The smallest absolute Gasteiger partial charge is 0.332 e. The van der Waals surface area contributed by atoms with E-state index in [0.717, 1.165) is 6.42 Å². The lowest BCUT2D eigenvalue weighted by Crippen LogP contribution is -2.38. The van der Waals surface area contributed by atoms with Crippen LogP contribution in [0.1, 0.15) is 13.3 Å². The fraction of sp³-hybridized carbons (Fsp3) is 0.545. The second-order valence-corrected chi connectivity index (χ2v) is 4.04. The maximum absolute atomic E-state index is 11.9. The van der Waals surface area contributed by atoms with Crippen LogP contribution in [0.3, 0.4) is 0 Å². The summed E-state index contributed by atoms with van der Waals surface area (Å²) in [5, 5.41) is 0. The Morgan fingerprint density at radius 3 is 2.59 bits per heavy atom. The molecule has 17 heavy (non-hydrogen) atoms. The molecule has 0 aliphatic rings. The van der Waals surface area contributed by atoms with Gasteiger partial charge in [-0.25, -0.2) is 9.79 Å². The quantitative estimate of drug-likeness (QED) is 0.555. The average molecular weight is 238 g/mol. The van der Waals surface area contributed by atoms with Gasteiger partial charge in [-0.1, -0.05) is 6.92 Å². The Balaban J connectivity index is 3.30. The van der Waals surface area contributed by atoms with Gasteiger partial charge in [0.25, 0.3) is 5.56 Å². The highest BCUT2D eigenvalue weighted by Crippen LogP contribution is 2.03. The van der Waals surface area contributed by atoms with Crippen LogP contribution in [0.25, 0.3) is 0 Å². The van der Waals surface area contributed by atoms with E-state index < -0.39 is 0 Å². The fourth-order valence-corrected chi connectivity index (χ4v) is 1.39. The molecular weight excluding hydrogens is 220 g/mol. The van der Waals surface area contributed by atoms with Crippen LogP contribution in [0.5, 0.6) is 0 Å². The number of aliphatic imine (C=N–C) groups is 1. The first kappa shape index (κ1) is 13.2. The molecule has 0 radical (unpaired) electrons. The van der Waals surface area contributed by atoms with Crippen LogP contribution >= 0.6 is 0 Å². The van der Waals surface area contributed by atoms with Crippen LogP contribution < -0.4 is 11.2 Å². The Morgan fingerprint density at radius 1 is 1.41 bits per heavy atom. The molecule has 1 aromatic heterocycles. The molecule has 0 aromatic carbocycles. The van der Waals surface area contributed by atoms with E-state index in [1.165, 1.54) is 15.2 Å². The van der Waals surface area contributed by atoms with Crippen molar-refractivity contribution in [2.45, 2.75) is 19.9 Å². The summed E-state index contributed by atoms with van der Waals surface area (Å²) < 4.78 is 2.59. The van der Waals surface area contributed by atoms with Crippen molar-refractivity contribution in [3.05, 3.63) is 26.9 Å². The lowest BCUT2D eigenvalue weighted by atomic mass is 10.4. The van der Waals surface area contributed by atoms with Crippen molar-refractivity contribution in [3.63, 3.8) is 0 Å². The van der Waals surface area contributed by atoms with E-state index >= 15 is 0 Å². The monoisotopic (exact) mass is 238 g/mol. The third kappa shape index (κ3) is 3.05. The molecule has 6 heteroatoms. The Labute approximate surface area is 99.8 Å². The van der Waals surface area contributed by atoms with Crippen LogP contribution in [-0.4, -0.2) is 34.5 Å². The molecule has 1 aromatic rings. The Bertz CT molecular complexity index is 525. The van der Waals surface area contributed by atoms with Gasteiger partial charge in [-0.15, -0.1) is 0 Å². The SMILES string of the molecule is CCCn1c(=O)cc(N=CN(C)C)n(C)c1=O. The second-order valence-electron chi connectivity index (χ2n) is 4.04. The maximum Gasteiger partial charge on any atom is 0.332 e. The van der Waals surface area contributed by atoms with Crippen molar-refractivity contribution in [1.29, 1.82) is 0 Å². The zero-order valence-corrected chi connectivity index (χ0v) is 10.7. The Morgan fingerprint density at radius 2 is 2.06 bits per heavy atom. The molecule has 1 heterocycles. The molecule has 0 saturated carbocycles. The summed E-state index contributed by atoms with van der Waals surface area (Å²) in [6.45, 7) is 2.35. The van der Waals surface area contributed by atoms with Gasteiger partial charge in [-0.05, 0) is 6.42 Å². The summed E-state index contributed by atoms with van der Waals surface area (Å²) in [6.07, 6.45) is 2.30. The van der Waals surface area contributed by atoms with Crippen molar-refractivity contribution in [1.82, 2.24) is 14.0 Å². The van der Waals surface area contributed by atoms with E-state index in [0.29, 0.717) is 12.4 Å². The zero-order valence-electron chi connectivity index (χ0n) is 10.7. The van der Waals surface area contributed by atoms with Crippen LogP contribution in [0.2, 0.25) is 0 Å². The summed E-state index contributed by atoms with van der Waals surface area (Å²) in [6, 6.07) is 1.37. The molecule has 94 valence electrons. The van der Waals surface area contributed by atoms with Gasteiger partial charge in [0.2, 0.25) is 0 Å². The third-order valence-corrected chi connectivity index (χ3v) is 2.25. The summed E-state index contributed by atoms with van der Waals surface area (Å²) in [5.41, 5.74) is -0.633. The lowest BCUT2D eigenvalue weighted by molar-refractivity contribution is 0.582. The van der Waals surface area contributed by atoms with E-state index in [9.17, 15) is 9.59 Å². The molecule has 0 atom stereocenters. The van der Waals surface area contributed by atoms with E-state index in [2.05, 4.69) is 4.99 Å². The molecule has 6 nitrogen and oxygen atoms in total. The van der Waals surface area contributed by atoms with Gasteiger partial charge in [-0.2, -0.15) is 0 Å². The number of hydrogen-bond acceptors (Lipinski definition) is 3. The Kier molecular flexibility index (Phi) is 4.25. The van der Waals surface area contributed by atoms with E-state index in [1.54, 1.807) is 18.3 Å². The Hall–Kier alpha value is -1.85. The van der Waals surface area contributed by atoms with Gasteiger partial charge in [-0.3, -0.25) is 13.9 Å². The van der Waals surface area contributed by atoms with Gasteiger partial charge in [0.05, 0.1) is 6.34 Å². The number of nitrogens with zero attached hydrogens (tertiary/aromatic N) is 4. The summed E-state index contributed by atoms with van der Waals surface area (Å²) in [5.74, 6) is 0.362. The molecule has 0 aliphatic heterocycles. The molecular formula is C11H18N4O2. The third-order valence-electron chi connectivity index (χ3n) is 2.25. The van der Waals surface area contributed by atoms with Crippen molar-refractivity contribution in [2.24, 2.45) is 12.0 Å². The highest BCUT2D eigenvalue weighted by Gasteiger charge is 2.06. The van der Waals surface area contributed by atoms with Crippen molar-refractivity contribution < 1.29 is 0 Å². The summed E-state index contributed by atoms with van der Waals surface area (Å²) >= 11 is 0. The summed E-state index contributed by atoms with van der Waals surface area (Å²) in [7, 11) is 5.25. The topological polar surface area (TPSA) is 59.6 Å². The first-order chi connectivity index (χ1) is 7.97. The first-order valence-corrected chi connectivity index (χ1v) is 5.49. The molecule has 0 N–H and O–H groups in total. The van der Waals surface area contributed by atoms with Crippen molar-refractivity contribution in [2.75, 3.05) is 14.1 Å². The van der Waals surface area contributed by atoms with Crippen LogP contribution in [0.15, 0.2) is 20.6 Å². The summed E-state index contributed by atoms with van der Waals surface area (Å²) in [4.78, 5) is 29.4. The molecule has 0 fully saturated rings. The van der Waals surface area contributed by atoms with Crippen LogP contribution in [0.4, 0.5) is 5.82 Å². The minimum Gasteiger partial charge on any atom is -0.369 e. The maximum atomic E-state index is 11.9. The van der Waals surface area contributed by atoms with Gasteiger partial charge in [0.1, 0.15) is 5.82 Å². The second kappa shape index (κ2) is 5.47. The molecule has 0 saturated heterocycles. The minimum atomic E-state index is -0.328. The molecule has 0 unspecified atom stereocenters. The highest BCUT2D eigenvalue weighted by atomic mass is 16.2. The van der Waals surface area contributed by atoms with E-state index in [-0.39, 0.29) is 11.2 Å². The molecule has 0 bridgehead atoms. The molecule has 0 spiro atoms. The number of rotatable bonds is 4. The lowest BCUT2D eigenvalue weighted by Gasteiger charge is -2.08. The molecule has 0 aliphatic carbocycles. The molecule has 1 rings (SSSR count). The normalized spacial score (nSPS) is 11.1. The average Bonchev–Trinajstić information content (AvgIpc) is 2.27. The fourth-order valence-electron chi connectivity index (χ4n) is 1.39. The predicted molar refractivity (Wildman–Crippen MR) is 68.1 cm³/mol. The first-order valence-electron chi connectivity index (χ1n) is 5.49. The van der Waals surface area contributed by atoms with Gasteiger partial charge in [0, 0.05) is 33.8 Å².